The van der Waals surface area contributed by atoms with Gasteiger partial charge < -0.3 is 5.11 Å². The second kappa shape index (κ2) is 3.40. The van der Waals surface area contributed by atoms with Gasteiger partial charge in [-0.25, -0.2) is 4.39 Å². The summed E-state index contributed by atoms with van der Waals surface area (Å²) >= 11 is 0. The highest BCUT2D eigenvalue weighted by molar-refractivity contribution is 6.14. The molecule has 0 bridgehead atoms. The van der Waals surface area contributed by atoms with Crippen LogP contribution in [-0.2, 0) is 4.79 Å². The number of ketones is 1. The van der Waals surface area contributed by atoms with Gasteiger partial charge in [-0.1, -0.05) is 0 Å². The molecule has 1 fully saturated rings. The summed E-state index contributed by atoms with van der Waals surface area (Å²) in [4.78, 5) is 22.9. The molecule has 1 aliphatic rings. The Kier molecular flexibility index (Phi) is 2.30. The summed E-state index contributed by atoms with van der Waals surface area (Å²) in [6.45, 7) is 1.55. The number of carbonyl (C=O) groups excluding carboxylic acids is 1. The minimum atomic E-state index is -1.25. The minimum Gasteiger partial charge on any atom is -0.480 e. The van der Waals surface area contributed by atoms with Crippen molar-refractivity contribution >= 4 is 11.8 Å². The number of halogens is 1. The number of carbonyl (C=O) groups is 2. The van der Waals surface area contributed by atoms with Gasteiger partial charge in [-0.05, 0) is 43.5 Å². The molecule has 1 N–H and O–H groups in total. The van der Waals surface area contributed by atoms with Crippen LogP contribution in [0.3, 0.4) is 0 Å². The van der Waals surface area contributed by atoms with E-state index in [2.05, 4.69) is 0 Å². The molecule has 0 aromatic heterocycles. The number of carboxylic acids is 1. The molecule has 0 aliphatic heterocycles. The van der Waals surface area contributed by atoms with E-state index in [4.69, 9.17) is 5.11 Å². The molecule has 3 nitrogen and oxygen atoms in total. The standard InChI is InChI=1S/C12H11FO3/c1-7-6-8(2-3-9(7)13)10(14)12(4-5-12)11(15)16/h2-3,6H,4-5H2,1H3,(H,15,16). The number of hydrogen-bond acceptors (Lipinski definition) is 2. The summed E-state index contributed by atoms with van der Waals surface area (Å²) in [6, 6.07) is 3.94. The summed E-state index contributed by atoms with van der Waals surface area (Å²) in [5, 5.41) is 8.96. The van der Waals surface area contributed by atoms with Gasteiger partial charge in [0, 0.05) is 5.56 Å². The van der Waals surface area contributed by atoms with Crippen LogP contribution in [0, 0.1) is 18.2 Å². The zero-order valence-corrected chi connectivity index (χ0v) is 8.79. The van der Waals surface area contributed by atoms with E-state index in [1.54, 1.807) is 6.92 Å². The average molecular weight is 222 g/mol. The van der Waals surface area contributed by atoms with E-state index in [0.29, 0.717) is 18.4 Å². The topological polar surface area (TPSA) is 54.4 Å². The lowest BCUT2D eigenvalue weighted by Crippen LogP contribution is -2.25. The van der Waals surface area contributed by atoms with Crippen molar-refractivity contribution in [3.63, 3.8) is 0 Å². The zero-order valence-electron chi connectivity index (χ0n) is 8.79. The number of aryl methyl sites for hydroxylation is 1. The summed E-state index contributed by atoms with van der Waals surface area (Å²) in [5.41, 5.74) is -0.615. The fraction of sp³-hybridized carbons (Fsp3) is 0.333. The molecule has 0 spiro atoms. The highest BCUT2D eigenvalue weighted by Crippen LogP contribution is 2.48. The molecule has 1 saturated carbocycles. The Bertz CT molecular complexity index is 475. The van der Waals surface area contributed by atoms with Crippen LogP contribution in [0.1, 0.15) is 28.8 Å². The Morgan fingerprint density at radius 2 is 2.00 bits per heavy atom. The van der Waals surface area contributed by atoms with Crippen molar-refractivity contribution in [2.45, 2.75) is 19.8 Å². The minimum absolute atomic E-state index is 0.277. The van der Waals surface area contributed by atoms with Crippen LogP contribution in [0.2, 0.25) is 0 Å². The van der Waals surface area contributed by atoms with Crippen LogP contribution in [0.5, 0.6) is 0 Å². The van der Waals surface area contributed by atoms with Crippen LogP contribution in [-0.4, -0.2) is 16.9 Å². The van der Waals surface area contributed by atoms with Crippen molar-refractivity contribution < 1.29 is 19.1 Å². The Morgan fingerprint density at radius 1 is 1.38 bits per heavy atom. The summed E-state index contributed by atoms with van der Waals surface area (Å²) in [6.07, 6.45) is 0.745. The number of aliphatic carboxylic acids is 1. The SMILES string of the molecule is Cc1cc(C(=O)C2(C(=O)O)CC2)ccc1F. The van der Waals surface area contributed by atoms with E-state index >= 15 is 0 Å². The third-order valence-electron chi connectivity index (χ3n) is 3.01. The molecule has 0 heterocycles. The van der Waals surface area contributed by atoms with Crippen molar-refractivity contribution in [3.8, 4) is 0 Å². The van der Waals surface area contributed by atoms with Crippen LogP contribution < -0.4 is 0 Å². The molecule has 0 saturated heterocycles. The van der Waals surface area contributed by atoms with Gasteiger partial charge in [0.1, 0.15) is 11.2 Å². The van der Waals surface area contributed by atoms with Crippen molar-refractivity contribution in [1.82, 2.24) is 0 Å². The summed E-state index contributed by atoms with van der Waals surface area (Å²) < 4.78 is 13.0. The second-order valence-electron chi connectivity index (χ2n) is 4.18. The molecule has 1 aromatic carbocycles. The molecule has 0 unspecified atom stereocenters. The maximum absolute atomic E-state index is 13.0. The molecule has 0 radical (unpaired) electrons. The molecule has 4 heteroatoms. The summed E-state index contributed by atoms with van der Waals surface area (Å²) in [5.74, 6) is -1.89. The lowest BCUT2D eigenvalue weighted by Gasteiger charge is -2.09. The fourth-order valence-electron chi connectivity index (χ4n) is 1.73. The highest BCUT2D eigenvalue weighted by atomic mass is 19.1. The Morgan fingerprint density at radius 3 is 2.44 bits per heavy atom. The van der Waals surface area contributed by atoms with Crippen LogP contribution in [0.25, 0.3) is 0 Å². The first-order valence-corrected chi connectivity index (χ1v) is 5.02. The number of carboxylic acid groups (broad SMARTS) is 1. The van der Waals surface area contributed by atoms with Crippen LogP contribution in [0.4, 0.5) is 4.39 Å². The largest absolute Gasteiger partial charge is 0.480 e. The van der Waals surface area contributed by atoms with Gasteiger partial charge >= 0.3 is 5.97 Å². The van der Waals surface area contributed by atoms with Gasteiger partial charge in [-0.3, -0.25) is 9.59 Å². The van der Waals surface area contributed by atoms with Gasteiger partial charge in [0.05, 0.1) is 0 Å². The third-order valence-corrected chi connectivity index (χ3v) is 3.01. The van der Waals surface area contributed by atoms with E-state index in [9.17, 15) is 14.0 Å². The van der Waals surface area contributed by atoms with Crippen molar-refractivity contribution in [1.29, 1.82) is 0 Å². The van der Waals surface area contributed by atoms with Gasteiger partial charge in [0.25, 0.3) is 0 Å². The van der Waals surface area contributed by atoms with Gasteiger partial charge in [0.15, 0.2) is 5.78 Å². The molecule has 84 valence electrons. The Hall–Kier alpha value is -1.71. The number of hydrogen-bond donors (Lipinski definition) is 1. The second-order valence-corrected chi connectivity index (χ2v) is 4.18. The molecule has 16 heavy (non-hydrogen) atoms. The quantitative estimate of drug-likeness (QED) is 0.630. The lowest BCUT2D eigenvalue weighted by atomic mass is 9.94. The van der Waals surface area contributed by atoms with Crippen LogP contribution >= 0.6 is 0 Å². The van der Waals surface area contributed by atoms with Crippen molar-refractivity contribution in [2.75, 3.05) is 0 Å². The van der Waals surface area contributed by atoms with E-state index in [-0.39, 0.29) is 5.56 Å². The van der Waals surface area contributed by atoms with Gasteiger partial charge in [0.2, 0.25) is 0 Å². The third kappa shape index (κ3) is 1.50. The zero-order chi connectivity index (χ0) is 11.9. The predicted octanol–water partition coefficient (Wildman–Crippen LogP) is 2.18. The van der Waals surface area contributed by atoms with Gasteiger partial charge in [-0.2, -0.15) is 0 Å². The van der Waals surface area contributed by atoms with E-state index in [0.717, 1.165) is 0 Å². The maximum atomic E-state index is 13.0. The number of benzene rings is 1. The Labute approximate surface area is 91.9 Å². The average Bonchev–Trinajstić information content (AvgIpc) is 3.02. The molecule has 1 aliphatic carbocycles. The maximum Gasteiger partial charge on any atom is 0.317 e. The van der Waals surface area contributed by atoms with Crippen LogP contribution in [0.15, 0.2) is 18.2 Å². The normalized spacial score (nSPS) is 16.9. The van der Waals surface area contributed by atoms with E-state index < -0.39 is 23.0 Å². The first-order chi connectivity index (χ1) is 7.47. The first kappa shape index (κ1) is 10.8. The smallest absolute Gasteiger partial charge is 0.317 e. The van der Waals surface area contributed by atoms with Crippen molar-refractivity contribution in [3.05, 3.63) is 35.1 Å². The number of rotatable bonds is 3. The molecule has 0 atom stereocenters. The molecule has 1 aromatic rings. The molecule has 0 amide bonds. The van der Waals surface area contributed by atoms with E-state index in [1.807, 2.05) is 0 Å². The molecule has 2 rings (SSSR count). The monoisotopic (exact) mass is 222 g/mol. The fourth-order valence-corrected chi connectivity index (χ4v) is 1.73. The van der Waals surface area contributed by atoms with Gasteiger partial charge in [-0.15, -0.1) is 0 Å². The first-order valence-electron chi connectivity index (χ1n) is 5.02. The molecular weight excluding hydrogens is 211 g/mol. The number of Topliss-reactive ketones (excluding diaryl/α,β-unsaturated/α-hetero) is 1. The lowest BCUT2D eigenvalue weighted by molar-refractivity contribution is -0.141. The molecular formula is C12H11FO3. The van der Waals surface area contributed by atoms with Crippen molar-refractivity contribution in [2.24, 2.45) is 5.41 Å². The highest BCUT2D eigenvalue weighted by Gasteiger charge is 2.56. The predicted molar refractivity (Wildman–Crippen MR) is 54.8 cm³/mol. The summed E-state index contributed by atoms with van der Waals surface area (Å²) in [7, 11) is 0. The van der Waals surface area contributed by atoms with E-state index in [1.165, 1.54) is 18.2 Å². The Balaban J connectivity index is 2.35.